The molecule has 0 aliphatic carbocycles. The fraction of sp³-hybridized carbons (Fsp3) is 0.667. The second-order valence-electron chi connectivity index (χ2n) is 4.38. The van der Waals surface area contributed by atoms with Gasteiger partial charge in [0.05, 0.1) is 5.69 Å². The van der Waals surface area contributed by atoms with Crippen molar-refractivity contribution in [3.63, 3.8) is 0 Å². The summed E-state index contributed by atoms with van der Waals surface area (Å²) in [5.41, 5.74) is 3.18. The third-order valence-corrected chi connectivity index (χ3v) is 3.44. The number of aryl methyl sites for hydroxylation is 3. The number of unbranched alkanes of at least 4 members (excludes halogenated alkanes) is 1. The first kappa shape index (κ1) is 13.3. The molecule has 2 aromatic heterocycles. The summed E-state index contributed by atoms with van der Waals surface area (Å²) in [6, 6.07) is 0. The number of hydrogen-bond donors (Lipinski definition) is 1. The molecule has 18 heavy (non-hydrogen) atoms. The smallest absolute Gasteiger partial charge is 0.179 e. The molecule has 2 heterocycles. The SMILES string of the molecule is CCn1nc(C)c2[nH]c(=S)n(CCCCOC)c21. The molecule has 0 atom stereocenters. The van der Waals surface area contributed by atoms with Gasteiger partial charge in [0.15, 0.2) is 10.4 Å². The second-order valence-corrected chi connectivity index (χ2v) is 4.77. The Kier molecular flexibility index (Phi) is 4.19. The number of methoxy groups -OCH3 is 1. The van der Waals surface area contributed by atoms with Crippen molar-refractivity contribution in [2.45, 2.75) is 39.8 Å². The zero-order valence-electron chi connectivity index (χ0n) is 11.2. The van der Waals surface area contributed by atoms with Crippen molar-refractivity contribution in [2.75, 3.05) is 13.7 Å². The van der Waals surface area contributed by atoms with Crippen molar-refractivity contribution in [2.24, 2.45) is 0 Å². The highest BCUT2D eigenvalue weighted by molar-refractivity contribution is 7.71. The lowest BCUT2D eigenvalue weighted by molar-refractivity contribution is 0.191. The first-order valence-corrected chi connectivity index (χ1v) is 6.74. The summed E-state index contributed by atoms with van der Waals surface area (Å²) in [7, 11) is 1.73. The quantitative estimate of drug-likeness (QED) is 0.647. The van der Waals surface area contributed by atoms with Gasteiger partial charge in [-0.05, 0) is 38.9 Å². The molecule has 0 spiro atoms. The lowest BCUT2D eigenvalue weighted by Crippen LogP contribution is -2.06. The lowest BCUT2D eigenvalue weighted by Gasteiger charge is -2.05. The number of nitrogens with zero attached hydrogens (tertiary/aromatic N) is 3. The molecule has 2 aromatic rings. The molecule has 0 unspecified atom stereocenters. The number of fused-ring (bicyclic) bond motifs is 1. The van der Waals surface area contributed by atoms with Crippen LogP contribution < -0.4 is 0 Å². The molecule has 0 bridgehead atoms. The predicted octanol–water partition coefficient (Wildman–Crippen LogP) is 2.65. The summed E-state index contributed by atoms with van der Waals surface area (Å²) >= 11 is 5.39. The van der Waals surface area contributed by atoms with Crippen molar-refractivity contribution in [1.29, 1.82) is 0 Å². The maximum Gasteiger partial charge on any atom is 0.179 e. The minimum atomic E-state index is 0.783. The molecule has 0 saturated heterocycles. The van der Waals surface area contributed by atoms with E-state index in [0.717, 1.165) is 54.2 Å². The Morgan fingerprint density at radius 2 is 2.17 bits per heavy atom. The summed E-state index contributed by atoms with van der Waals surface area (Å²) in [4.78, 5) is 3.25. The zero-order chi connectivity index (χ0) is 13.1. The molecule has 0 saturated carbocycles. The minimum absolute atomic E-state index is 0.783. The van der Waals surface area contributed by atoms with E-state index in [1.54, 1.807) is 7.11 Å². The van der Waals surface area contributed by atoms with Crippen molar-refractivity contribution in [3.8, 4) is 0 Å². The van der Waals surface area contributed by atoms with Crippen LogP contribution in [-0.2, 0) is 17.8 Å². The van der Waals surface area contributed by atoms with Gasteiger partial charge in [-0.3, -0.25) is 0 Å². The molecule has 1 N–H and O–H groups in total. The summed E-state index contributed by atoms with van der Waals surface area (Å²) in [5.74, 6) is 0. The molecule has 0 amide bonds. The van der Waals surface area contributed by atoms with Crippen LogP contribution in [0, 0.1) is 11.7 Å². The molecule has 2 rings (SSSR count). The van der Waals surface area contributed by atoms with Crippen molar-refractivity contribution in [1.82, 2.24) is 19.3 Å². The van der Waals surface area contributed by atoms with Crippen LogP contribution in [0.5, 0.6) is 0 Å². The van der Waals surface area contributed by atoms with Crippen LogP contribution in [0.15, 0.2) is 0 Å². The second kappa shape index (κ2) is 5.67. The van der Waals surface area contributed by atoms with Gasteiger partial charge < -0.3 is 14.3 Å². The third-order valence-electron chi connectivity index (χ3n) is 3.11. The van der Waals surface area contributed by atoms with Crippen molar-refractivity contribution < 1.29 is 4.74 Å². The van der Waals surface area contributed by atoms with Crippen LogP contribution >= 0.6 is 12.2 Å². The predicted molar refractivity (Wildman–Crippen MR) is 74.4 cm³/mol. The van der Waals surface area contributed by atoms with E-state index >= 15 is 0 Å². The van der Waals surface area contributed by atoms with Crippen LogP contribution in [0.4, 0.5) is 0 Å². The van der Waals surface area contributed by atoms with Crippen LogP contribution in [0.2, 0.25) is 0 Å². The van der Waals surface area contributed by atoms with Crippen LogP contribution in [0.25, 0.3) is 11.2 Å². The van der Waals surface area contributed by atoms with Gasteiger partial charge in [-0.1, -0.05) is 0 Å². The average molecular weight is 268 g/mol. The Morgan fingerprint density at radius 1 is 1.39 bits per heavy atom. The van der Waals surface area contributed by atoms with Gasteiger partial charge in [-0.25, -0.2) is 4.68 Å². The van der Waals surface area contributed by atoms with Crippen LogP contribution in [0.1, 0.15) is 25.5 Å². The Labute approximate surface area is 112 Å². The van der Waals surface area contributed by atoms with Gasteiger partial charge in [-0.15, -0.1) is 0 Å². The standard InChI is InChI=1S/C12H20N4OS/c1-4-16-11-10(9(2)14-16)13-12(18)15(11)7-5-6-8-17-3/h4-8H2,1-3H3,(H,13,18). The van der Waals surface area contributed by atoms with Gasteiger partial charge in [-0.2, -0.15) is 5.10 Å². The fourth-order valence-corrected chi connectivity index (χ4v) is 2.48. The minimum Gasteiger partial charge on any atom is -0.385 e. The summed E-state index contributed by atoms with van der Waals surface area (Å²) < 4.78 is 10.00. The summed E-state index contributed by atoms with van der Waals surface area (Å²) in [6.45, 7) is 6.67. The molecular weight excluding hydrogens is 248 g/mol. The van der Waals surface area contributed by atoms with Gasteiger partial charge in [0, 0.05) is 26.8 Å². The number of H-pyrrole nitrogens is 1. The Balaban J connectivity index is 2.31. The van der Waals surface area contributed by atoms with Gasteiger partial charge in [0.1, 0.15) is 5.52 Å². The van der Waals surface area contributed by atoms with E-state index in [1.165, 1.54) is 0 Å². The largest absolute Gasteiger partial charge is 0.385 e. The van der Waals surface area contributed by atoms with E-state index in [0.29, 0.717) is 0 Å². The number of hydrogen-bond acceptors (Lipinski definition) is 3. The maximum atomic E-state index is 5.39. The van der Waals surface area contributed by atoms with Crippen LogP contribution in [0.3, 0.4) is 0 Å². The first-order chi connectivity index (χ1) is 8.69. The highest BCUT2D eigenvalue weighted by atomic mass is 32.1. The summed E-state index contributed by atoms with van der Waals surface area (Å²) in [5, 5.41) is 4.51. The molecule has 0 aliphatic rings. The van der Waals surface area contributed by atoms with Gasteiger partial charge >= 0.3 is 0 Å². The molecule has 0 aliphatic heterocycles. The molecule has 0 aromatic carbocycles. The zero-order valence-corrected chi connectivity index (χ0v) is 12.0. The highest BCUT2D eigenvalue weighted by Gasteiger charge is 2.13. The molecule has 0 fully saturated rings. The van der Waals surface area contributed by atoms with E-state index in [9.17, 15) is 0 Å². The number of ether oxygens (including phenoxy) is 1. The van der Waals surface area contributed by atoms with Gasteiger partial charge in [0.25, 0.3) is 0 Å². The number of rotatable bonds is 6. The van der Waals surface area contributed by atoms with Crippen LogP contribution in [-0.4, -0.2) is 33.0 Å². The normalized spacial score (nSPS) is 11.5. The summed E-state index contributed by atoms with van der Waals surface area (Å²) in [6.07, 6.45) is 2.10. The molecule has 0 radical (unpaired) electrons. The van der Waals surface area contributed by atoms with E-state index < -0.39 is 0 Å². The molecular formula is C12H20N4OS. The number of aromatic amines is 1. The number of nitrogens with one attached hydrogen (secondary N) is 1. The fourth-order valence-electron chi connectivity index (χ4n) is 2.20. The van der Waals surface area contributed by atoms with Gasteiger partial charge in [0.2, 0.25) is 0 Å². The van der Waals surface area contributed by atoms with E-state index in [1.807, 2.05) is 11.6 Å². The number of imidazole rings is 1. The molecule has 6 heteroatoms. The van der Waals surface area contributed by atoms with Crippen molar-refractivity contribution >= 4 is 23.4 Å². The average Bonchev–Trinajstić information content (AvgIpc) is 2.83. The Bertz CT molecular complexity index is 581. The van der Waals surface area contributed by atoms with E-state index in [4.69, 9.17) is 17.0 Å². The van der Waals surface area contributed by atoms with E-state index in [2.05, 4.69) is 21.6 Å². The maximum absolute atomic E-state index is 5.39. The molecule has 100 valence electrons. The Morgan fingerprint density at radius 3 is 2.83 bits per heavy atom. The monoisotopic (exact) mass is 268 g/mol. The van der Waals surface area contributed by atoms with Crippen molar-refractivity contribution in [3.05, 3.63) is 10.5 Å². The topological polar surface area (TPSA) is 47.8 Å². The highest BCUT2D eigenvalue weighted by Crippen LogP contribution is 2.18. The van der Waals surface area contributed by atoms with E-state index in [-0.39, 0.29) is 0 Å². The number of aromatic nitrogens is 4. The molecule has 5 nitrogen and oxygen atoms in total. The first-order valence-electron chi connectivity index (χ1n) is 6.34. The third kappa shape index (κ3) is 2.35. The lowest BCUT2D eigenvalue weighted by atomic mass is 10.3. The Hall–Kier alpha value is -1.14.